The van der Waals surface area contributed by atoms with Gasteiger partial charge in [-0.15, -0.1) is 0 Å². The summed E-state index contributed by atoms with van der Waals surface area (Å²) in [6, 6.07) is 18.7. The van der Waals surface area contributed by atoms with E-state index in [2.05, 4.69) is 53.5 Å². The van der Waals surface area contributed by atoms with E-state index in [1.807, 2.05) is 18.2 Å². The number of rotatable bonds is 8. The molecule has 25 heavy (non-hydrogen) atoms. The third kappa shape index (κ3) is 4.77. The van der Waals surface area contributed by atoms with E-state index < -0.39 is 0 Å². The van der Waals surface area contributed by atoms with Crippen LogP contribution in [0.25, 0.3) is 11.1 Å². The normalized spacial score (nSPS) is 12.2. The van der Waals surface area contributed by atoms with Gasteiger partial charge in [-0.05, 0) is 23.1 Å². The third-order valence-electron chi connectivity index (χ3n) is 4.34. The Hall–Kier alpha value is -2.46. The van der Waals surface area contributed by atoms with E-state index >= 15 is 0 Å². The molecule has 0 saturated carbocycles. The van der Waals surface area contributed by atoms with Crippen molar-refractivity contribution >= 4 is 0 Å². The van der Waals surface area contributed by atoms with Crippen LogP contribution in [-0.4, -0.2) is 10.1 Å². The number of nitrogens with zero attached hydrogens (tertiary/aromatic N) is 2. The monoisotopic (exact) mass is 335 g/mol. The van der Waals surface area contributed by atoms with Crippen LogP contribution in [0.5, 0.6) is 0 Å². The van der Waals surface area contributed by atoms with Crippen LogP contribution < -0.4 is 5.73 Å². The quantitative estimate of drug-likeness (QED) is 0.594. The number of aromatic nitrogens is 2. The Kier molecular flexibility index (Phi) is 5.96. The average Bonchev–Trinajstić information content (AvgIpc) is 3.12. The van der Waals surface area contributed by atoms with Crippen molar-refractivity contribution in [1.82, 2.24) is 10.1 Å². The number of nitrogens with two attached hydrogens (primary N) is 1. The summed E-state index contributed by atoms with van der Waals surface area (Å²) in [4.78, 5) is 4.46. The van der Waals surface area contributed by atoms with Crippen LogP contribution in [0.2, 0.25) is 0 Å². The second kappa shape index (κ2) is 8.58. The molecule has 1 atom stereocenters. The zero-order chi connectivity index (χ0) is 17.5. The first-order valence-corrected chi connectivity index (χ1v) is 8.98. The van der Waals surface area contributed by atoms with Gasteiger partial charge < -0.3 is 10.3 Å². The maximum Gasteiger partial charge on any atom is 0.243 e. The molecule has 0 unspecified atom stereocenters. The molecule has 1 aromatic heterocycles. The Morgan fingerprint density at radius 1 is 0.960 bits per heavy atom. The molecule has 0 fully saturated rings. The fraction of sp³-hybridized carbons (Fsp3) is 0.333. The van der Waals surface area contributed by atoms with Crippen molar-refractivity contribution in [3.05, 3.63) is 71.9 Å². The van der Waals surface area contributed by atoms with Gasteiger partial charge in [0.2, 0.25) is 5.89 Å². The average molecular weight is 335 g/mol. The molecule has 0 amide bonds. The smallest absolute Gasteiger partial charge is 0.243 e. The van der Waals surface area contributed by atoms with Gasteiger partial charge in [0.25, 0.3) is 0 Å². The molecule has 3 rings (SSSR count). The standard InChI is InChI=1S/C21H25N3O/c1-2-3-5-10-19(22)21-23-20(24-25-21)15-16-11-13-18(14-12-16)17-8-6-4-7-9-17/h4,6-9,11-14,19H,2-3,5,10,15,22H2,1H3/t19-/m0/s1. The lowest BCUT2D eigenvalue weighted by Gasteiger charge is -2.05. The molecular formula is C21H25N3O. The predicted octanol–water partition coefficient (Wildman–Crippen LogP) is 4.91. The molecule has 0 radical (unpaired) electrons. The van der Waals surface area contributed by atoms with Crippen molar-refractivity contribution in [3.8, 4) is 11.1 Å². The molecule has 2 N–H and O–H groups in total. The highest BCUT2D eigenvalue weighted by Crippen LogP contribution is 2.21. The summed E-state index contributed by atoms with van der Waals surface area (Å²) in [7, 11) is 0. The van der Waals surface area contributed by atoms with Gasteiger partial charge >= 0.3 is 0 Å². The van der Waals surface area contributed by atoms with Crippen molar-refractivity contribution in [2.75, 3.05) is 0 Å². The molecule has 130 valence electrons. The van der Waals surface area contributed by atoms with Crippen LogP contribution in [-0.2, 0) is 6.42 Å². The van der Waals surface area contributed by atoms with Crippen LogP contribution in [0.4, 0.5) is 0 Å². The highest BCUT2D eigenvalue weighted by Gasteiger charge is 2.14. The molecule has 0 saturated heterocycles. The van der Waals surface area contributed by atoms with Gasteiger partial charge in [0.15, 0.2) is 5.82 Å². The lowest BCUT2D eigenvalue weighted by Crippen LogP contribution is -2.10. The highest BCUT2D eigenvalue weighted by molar-refractivity contribution is 5.63. The molecule has 3 aromatic rings. The van der Waals surface area contributed by atoms with E-state index in [4.69, 9.17) is 10.3 Å². The van der Waals surface area contributed by atoms with Crippen LogP contribution >= 0.6 is 0 Å². The van der Waals surface area contributed by atoms with E-state index in [1.165, 1.54) is 24.0 Å². The zero-order valence-electron chi connectivity index (χ0n) is 14.7. The van der Waals surface area contributed by atoms with Crippen molar-refractivity contribution in [2.45, 2.75) is 45.1 Å². The van der Waals surface area contributed by atoms with E-state index in [0.29, 0.717) is 18.1 Å². The Morgan fingerprint density at radius 2 is 1.68 bits per heavy atom. The lowest BCUT2D eigenvalue weighted by molar-refractivity contribution is 0.342. The molecule has 0 spiro atoms. The van der Waals surface area contributed by atoms with E-state index in [1.54, 1.807) is 0 Å². The molecule has 4 nitrogen and oxygen atoms in total. The number of hydrogen-bond acceptors (Lipinski definition) is 4. The minimum Gasteiger partial charge on any atom is -0.338 e. The summed E-state index contributed by atoms with van der Waals surface area (Å²) in [5, 5.41) is 4.08. The maximum atomic E-state index is 6.13. The van der Waals surface area contributed by atoms with Gasteiger partial charge in [-0.2, -0.15) is 4.98 Å². The number of benzene rings is 2. The first-order valence-electron chi connectivity index (χ1n) is 8.98. The fourth-order valence-electron chi connectivity index (χ4n) is 2.86. The topological polar surface area (TPSA) is 64.9 Å². The van der Waals surface area contributed by atoms with E-state index in [9.17, 15) is 0 Å². The zero-order valence-corrected chi connectivity index (χ0v) is 14.7. The van der Waals surface area contributed by atoms with Gasteiger partial charge in [0.1, 0.15) is 0 Å². The van der Waals surface area contributed by atoms with Gasteiger partial charge in [-0.25, -0.2) is 0 Å². The molecule has 4 heteroatoms. The van der Waals surface area contributed by atoms with Crippen LogP contribution in [0, 0.1) is 0 Å². The predicted molar refractivity (Wildman–Crippen MR) is 100 cm³/mol. The van der Waals surface area contributed by atoms with E-state index in [-0.39, 0.29) is 6.04 Å². The van der Waals surface area contributed by atoms with Crippen LogP contribution in [0.3, 0.4) is 0 Å². The van der Waals surface area contributed by atoms with Gasteiger partial charge in [0.05, 0.1) is 6.04 Å². The molecule has 0 aliphatic heterocycles. The summed E-state index contributed by atoms with van der Waals surface area (Å²) in [6.07, 6.45) is 5.00. The van der Waals surface area contributed by atoms with Crippen molar-refractivity contribution < 1.29 is 4.52 Å². The first-order chi connectivity index (χ1) is 12.3. The summed E-state index contributed by atoms with van der Waals surface area (Å²) in [5.74, 6) is 1.24. The maximum absolute atomic E-state index is 6.13. The summed E-state index contributed by atoms with van der Waals surface area (Å²) >= 11 is 0. The third-order valence-corrected chi connectivity index (χ3v) is 4.34. The molecule has 0 aliphatic carbocycles. The fourth-order valence-corrected chi connectivity index (χ4v) is 2.86. The van der Waals surface area contributed by atoms with Gasteiger partial charge in [-0.3, -0.25) is 0 Å². The molecule has 1 heterocycles. The number of unbranched alkanes of at least 4 members (excludes halogenated alkanes) is 2. The Labute approximate surface area is 149 Å². The molecule has 0 aliphatic rings. The first kappa shape index (κ1) is 17.4. The second-order valence-electron chi connectivity index (χ2n) is 6.39. The highest BCUT2D eigenvalue weighted by atomic mass is 16.5. The molecular weight excluding hydrogens is 310 g/mol. The SMILES string of the molecule is CCCCC[C@H](N)c1nc(Cc2ccc(-c3ccccc3)cc2)no1. The summed E-state index contributed by atoms with van der Waals surface area (Å²) < 4.78 is 5.34. The molecule has 2 aromatic carbocycles. The van der Waals surface area contributed by atoms with Crippen molar-refractivity contribution in [2.24, 2.45) is 5.73 Å². The minimum atomic E-state index is -0.159. The Bertz CT molecular complexity index is 765. The van der Waals surface area contributed by atoms with Gasteiger partial charge in [0, 0.05) is 6.42 Å². The lowest BCUT2D eigenvalue weighted by atomic mass is 10.0. The largest absolute Gasteiger partial charge is 0.338 e. The number of hydrogen-bond donors (Lipinski definition) is 1. The Balaban J connectivity index is 1.61. The van der Waals surface area contributed by atoms with Gasteiger partial charge in [-0.1, -0.05) is 85.9 Å². The van der Waals surface area contributed by atoms with E-state index in [0.717, 1.165) is 18.4 Å². The minimum absolute atomic E-state index is 0.159. The van der Waals surface area contributed by atoms with Crippen LogP contribution in [0.1, 0.15) is 55.9 Å². The summed E-state index contributed by atoms with van der Waals surface area (Å²) in [6.45, 7) is 2.18. The molecule has 0 bridgehead atoms. The van der Waals surface area contributed by atoms with Crippen LogP contribution in [0.15, 0.2) is 59.1 Å². The second-order valence-corrected chi connectivity index (χ2v) is 6.39. The Morgan fingerprint density at radius 3 is 2.40 bits per heavy atom. The van der Waals surface area contributed by atoms with Crippen molar-refractivity contribution in [1.29, 1.82) is 0 Å². The summed E-state index contributed by atoms with van der Waals surface area (Å²) in [5.41, 5.74) is 9.71. The van der Waals surface area contributed by atoms with Crippen molar-refractivity contribution in [3.63, 3.8) is 0 Å².